The molecule has 0 spiro atoms. The Morgan fingerprint density at radius 1 is 1.08 bits per heavy atom. The number of nitrogens with zero attached hydrogens (tertiary/aromatic N) is 2. The van der Waals surface area contributed by atoms with Gasteiger partial charge in [-0.15, -0.1) is 0 Å². The number of hydrogen-bond donors (Lipinski definition) is 2. The van der Waals surface area contributed by atoms with Gasteiger partial charge in [-0.05, 0) is 83.4 Å². The molecule has 2 aliphatic rings. The van der Waals surface area contributed by atoms with Crippen LogP contribution in [0.25, 0.3) is 0 Å². The van der Waals surface area contributed by atoms with Crippen molar-refractivity contribution in [3.63, 3.8) is 0 Å². The fraction of sp³-hybridized carbons (Fsp3) is 0.824. The highest BCUT2D eigenvalue weighted by Gasteiger charge is 2.24. The lowest BCUT2D eigenvalue weighted by atomic mass is 9.80. The number of piperidine rings is 2. The molecule has 2 saturated heterocycles. The molecule has 0 aliphatic carbocycles. The number of carbonyl (C=O) groups is 1. The van der Waals surface area contributed by atoms with Gasteiger partial charge in [0.15, 0.2) is 0 Å². The standard InChI is InChI=1S/C9H18BNO2.C8H16BNO2/c1-10(12)11-6-3-4-9(8-11)5-7-13-2;1-9(12)10-5-2-3-8(7-10)4-6-11/h5,7,9,12H,3-4,6,8H2,1-2H3;6,8,12H,2-5,7H2,1H3/b7-5+;/t9-;8-/m00/s1. The zero-order valence-electron chi connectivity index (χ0n) is 16.0. The van der Waals surface area contributed by atoms with Crippen molar-refractivity contribution in [3.05, 3.63) is 12.3 Å². The van der Waals surface area contributed by atoms with Crippen LogP contribution in [0.5, 0.6) is 0 Å². The Kier molecular flexibility index (Phi) is 11.1. The first-order valence-electron chi connectivity index (χ1n) is 9.45. The van der Waals surface area contributed by atoms with E-state index in [4.69, 9.17) is 4.74 Å². The highest BCUT2D eigenvalue weighted by molar-refractivity contribution is 6.45. The minimum absolute atomic E-state index is 0.321. The van der Waals surface area contributed by atoms with E-state index in [0.717, 1.165) is 51.7 Å². The summed E-state index contributed by atoms with van der Waals surface area (Å²) in [5.41, 5.74) is 0. The zero-order valence-corrected chi connectivity index (χ0v) is 16.0. The van der Waals surface area contributed by atoms with Gasteiger partial charge < -0.3 is 29.2 Å². The van der Waals surface area contributed by atoms with Gasteiger partial charge in [-0.3, -0.25) is 0 Å². The summed E-state index contributed by atoms with van der Waals surface area (Å²) in [6.45, 7) is 7.39. The molecule has 0 aromatic carbocycles. The monoisotopic (exact) mass is 352 g/mol. The van der Waals surface area contributed by atoms with Gasteiger partial charge in [0.2, 0.25) is 0 Å². The number of aldehydes is 1. The van der Waals surface area contributed by atoms with Gasteiger partial charge in [0, 0.05) is 6.42 Å². The first-order valence-corrected chi connectivity index (χ1v) is 9.45. The molecule has 142 valence electrons. The largest absolute Gasteiger partial charge is 0.505 e. The SMILES string of the molecule is CB(O)N1CCC[C@@H](CC=O)C1.CO/C=C/[C@@H]1CCCN(B(C)O)C1. The summed E-state index contributed by atoms with van der Waals surface area (Å²) in [4.78, 5) is 14.4. The predicted molar refractivity (Wildman–Crippen MR) is 103 cm³/mol. The van der Waals surface area contributed by atoms with Crippen molar-refractivity contribution >= 4 is 20.4 Å². The number of carbonyl (C=O) groups excluding carboxylic acids is 1. The van der Waals surface area contributed by atoms with E-state index in [9.17, 15) is 14.8 Å². The zero-order chi connectivity index (χ0) is 18.7. The van der Waals surface area contributed by atoms with Crippen LogP contribution in [0.3, 0.4) is 0 Å². The fourth-order valence-corrected chi connectivity index (χ4v) is 3.49. The van der Waals surface area contributed by atoms with Crippen LogP contribution < -0.4 is 0 Å². The summed E-state index contributed by atoms with van der Waals surface area (Å²) in [5, 5.41) is 18.7. The van der Waals surface area contributed by atoms with Gasteiger partial charge in [0.25, 0.3) is 0 Å². The average Bonchev–Trinajstić information content (AvgIpc) is 2.61. The Balaban J connectivity index is 0.000000251. The Morgan fingerprint density at radius 2 is 1.68 bits per heavy atom. The van der Waals surface area contributed by atoms with Crippen molar-refractivity contribution in [3.8, 4) is 0 Å². The third-order valence-corrected chi connectivity index (χ3v) is 5.01. The number of rotatable bonds is 6. The molecule has 0 saturated carbocycles. The highest BCUT2D eigenvalue weighted by atomic mass is 16.5. The van der Waals surface area contributed by atoms with Crippen LogP contribution in [0, 0.1) is 11.8 Å². The fourth-order valence-electron chi connectivity index (χ4n) is 3.49. The summed E-state index contributed by atoms with van der Waals surface area (Å²) in [6.07, 6.45) is 10.0. The van der Waals surface area contributed by atoms with E-state index in [0.29, 0.717) is 18.3 Å². The Morgan fingerprint density at radius 3 is 2.24 bits per heavy atom. The molecule has 0 unspecified atom stereocenters. The summed E-state index contributed by atoms with van der Waals surface area (Å²) in [6, 6.07) is 0. The van der Waals surface area contributed by atoms with Crippen molar-refractivity contribution in [2.24, 2.45) is 11.8 Å². The molecule has 2 rings (SSSR count). The van der Waals surface area contributed by atoms with Gasteiger partial charge in [0.1, 0.15) is 6.29 Å². The van der Waals surface area contributed by atoms with Crippen molar-refractivity contribution in [2.75, 3.05) is 33.3 Å². The topological polar surface area (TPSA) is 73.2 Å². The molecule has 2 atom stereocenters. The summed E-state index contributed by atoms with van der Waals surface area (Å²) in [7, 11) is 0.976. The Hall–Kier alpha value is -0.820. The molecule has 2 N–H and O–H groups in total. The maximum absolute atomic E-state index is 10.3. The van der Waals surface area contributed by atoms with Gasteiger partial charge in [0.05, 0.1) is 13.4 Å². The molecule has 0 aromatic heterocycles. The Labute approximate surface area is 153 Å². The van der Waals surface area contributed by atoms with Gasteiger partial charge in [-0.2, -0.15) is 0 Å². The van der Waals surface area contributed by atoms with Crippen molar-refractivity contribution in [2.45, 2.75) is 45.8 Å². The maximum atomic E-state index is 10.3. The second kappa shape index (κ2) is 12.5. The molecule has 0 aromatic rings. The third kappa shape index (κ3) is 8.90. The van der Waals surface area contributed by atoms with E-state index in [1.165, 1.54) is 6.42 Å². The summed E-state index contributed by atoms with van der Waals surface area (Å²) >= 11 is 0. The molecule has 25 heavy (non-hydrogen) atoms. The van der Waals surface area contributed by atoms with Crippen molar-refractivity contribution in [1.29, 1.82) is 0 Å². The van der Waals surface area contributed by atoms with Crippen LogP contribution in [0.15, 0.2) is 12.3 Å². The number of methoxy groups -OCH3 is 1. The van der Waals surface area contributed by atoms with E-state index in [1.54, 1.807) is 20.2 Å². The summed E-state index contributed by atoms with van der Waals surface area (Å²) in [5.74, 6) is 0.995. The first kappa shape index (κ1) is 22.2. The van der Waals surface area contributed by atoms with E-state index < -0.39 is 0 Å². The second-order valence-electron chi connectivity index (χ2n) is 7.13. The Bertz CT molecular complexity index is 397. The van der Waals surface area contributed by atoms with E-state index in [1.807, 2.05) is 11.6 Å². The molecular formula is C17H34B2N2O4. The van der Waals surface area contributed by atoms with Gasteiger partial charge in [-0.25, -0.2) is 0 Å². The lowest BCUT2D eigenvalue weighted by molar-refractivity contribution is -0.108. The van der Waals surface area contributed by atoms with Crippen LogP contribution in [-0.4, -0.2) is 73.3 Å². The highest BCUT2D eigenvalue weighted by Crippen LogP contribution is 2.19. The van der Waals surface area contributed by atoms with E-state index in [2.05, 4.69) is 10.9 Å². The van der Waals surface area contributed by atoms with Gasteiger partial charge >= 0.3 is 14.1 Å². The van der Waals surface area contributed by atoms with Crippen molar-refractivity contribution in [1.82, 2.24) is 9.62 Å². The minimum atomic E-state index is -0.362. The molecule has 2 aliphatic heterocycles. The molecule has 8 heteroatoms. The van der Waals surface area contributed by atoms with E-state index in [-0.39, 0.29) is 14.1 Å². The lowest BCUT2D eigenvalue weighted by Crippen LogP contribution is -2.44. The first-order chi connectivity index (χ1) is 12.0. The smallest absolute Gasteiger partial charge is 0.376 e. The third-order valence-electron chi connectivity index (χ3n) is 5.01. The normalized spacial score (nSPS) is 25.2. The molecule has 0 bridgehead atoms. The molecular weight excluding hydrogens is 318 g/mol. The minimum Gasteiger partial charge on any atom is -0.505 e. The van der Waals surface area contributed by atoms with Crippen LogP contribution in [0.4, 0.5) is 0 Å². The van der Waals surface area contributed by atoms with Crippen LogP contribution >= 0.6 is 0 Å². The maximum Gasteiger partial charge on any atom is 0.376 e. The quantitative estimate of drug-likeness (QED) is 0.427. The van der Waals surface area contributed by atoms with Crippen molar-refractivity contribution < 1.29 is 19.6 Å². The van der Waals surface area contributed by atoms with Gasteiger partial charge in [-0.1, -0.05) is 0 Å². The summed E-state index contributed by atoms with van der Waals surface area (Å²) < 4.78 is 4.88. The molecule has 0 amide bonds. The molecule has 6 nitrogen and oxygen atoms in total. The average molecular weight is 352 g/mol. The number of ether oxygens (including phenoxy) is 1. The molecule has 2 fully saturated rings. The second-order valence-corrected chi connectivity index (χ2v) is 7.13. The van der Waals surface area contributed by atoms with Crippen LogP contribution in [0.1, 0.15) is 32.1 Å². The lowest BCUT2D eigenvalue weighted by Gasteiger charge is -2.32. The molecule has 2 heterocycles. The molecule has 0 radical (unpaired) electrons. The predicted octanol–water partition coefficient (Wildman–Crippen LogP) is 1.37. The van der Waals surface area contributed by atoms with E-state index >= 15 is 0 Å². The van der Waals surface area contributed by atoms with Crippen LogP contribution in [0.2, 0.25) is 13.6 Å². The van der Waals surface area contributed by atoms with Crippen LogP contribution in [-0.2, 0) is 9.53 Å². The number of hydrogen-bond acceptors (Lipinski definition) is 6.